The minimum absolute atomic E-state index is 0.119. The van der Waals surface area contributed by atoms with Gasteiger partial charge in [-0.05, 0) is 5.41 Å². The van der Waals surface area contributed by atoms with E-state index in [-0.39, 0.29) is 5.41 Å². The van der Waals surface area contributed by atoms with E-state index in [9.17, 15) is 0 Å². The fourth-order valence-electron chi connectivity index (χ4n) is 1.42. The second-order valence-electron chi connectivity index (χ2n) is 4.21. The third kappa shape index (κ3) is 1.30. The Bertz CT molecular complexity index is 423. The molecule has 0 aliphatic rings. The van der Waals surface area contributed by atoms with Gasteiger partial charge in [0.15, 0.2) is 5.65 Å². The quantitative estimate of drug-likeness (QED) is 0.667. The second kappa shape index (κ2) is 2.55. The predicted molar refractivity (Wildman–Crippen MR) is 52.6 cm³/mol. The summed E-state index contributed by atoms with van der Waals surface area (Å²) in [5, 5.41) is 0. The largest absolute Gasteiger partial charge is 0.344 e. The van der Waals surface area contributed by atoms with Crippen molar-refractivity contribution in [2.75, 3.05) is 0 Å². The van der Waals surface area contributed by atoms with Gasteiger partial charge in [0.05, 0.1) is 0 Å². The Hall–Kier alpha value is -1.38. The van der Waals surface area contributed by atoms with Gasteiger partial charge in [-0.1, -0.05) is 20.8 Å². The van der Waals surface area contributed by atoms with Crippen LogP contribution in [-0.4, -0.2) is 15.0 Å². The van der Waals surface area contributed by atoms with Crippen LogP contribution in [0, 0.1) is 0 Å². The van der Waals surface area contributed by atoms with Gasteiger partial charge < -0.3 is 4.98 Å². The van der Waals surface area contributed by atoms with Crippen molar-refractivity contribution in [3.63, 3.8) is 0 Å². The number of hydrogen-bond donors (Lipinski definition) is 1. The molecule has 1 N–H and O–H groups in total. The normalized spacial score (nSPS) is 12.2. The van der Waals surface area contributed by atoms with Crippen molar-refractivity contribution in [3.8, 4) is 0 Å². The zero-order valence-corrected chi connectivity index (χ0v) is 8.13. The van der Waals surface area contributed by atoms with Crippen LogP contribution in [0.3, 0.4) is 0 Å². The molecule has 0 fully saturated rings. The highest BCUT2D eigenvalue weighted by molar-refractivity contribution is 5.75. The SMILES string of the molecule is CC(C)(C)c1c[nH]c2nccnc12. The fourth-order valence-corrected chi connectivity index (χ4v) is 1.42. The number of nitrogens with one attached hydrogen (secondary N) is 1. The lowest BCUT2D eigenvalue weighted by atomic mass is 9.88. The maximum atomic E-state index is 4.31. The molecular formula is C10H13N3. The number of H-pyrrole nitrogens is 1. The Labute approximate surface area is 77.2 Å². The zero-order valence-electron chi connectivity index (χ0n) is 8.13. The Morgan fingerprint density at radius 2 is 1.85 bits per heavy atom. The molecule has 13 heavy (non-hydrogen) atoms. The number of aromatic nitrogens is 3. The van der Waals surface area contributed by atoms with Gasteiger partial charge in [-0.2, -0.15) is 0 Å². The molecular weight excluding hydrogens is 162 g/mol. The van der Waals surface area contributed by atoms with Crippen LogP contribution >= 0.6 is 0 Å². The molecule has 2 heterocycles. The van der Waals surface area contributed by atoms with Gasteiger partial charge in [0.25, 0.3) is 0 Å². The van der Waals surface area contributed by atoms with E-state index in [0.29, 0.717) is 0 Å². The predicted octanol–water partition coefficient (Wildman–Crippen LogP) is 2.26. The lowest BCUT2D eigenvalue weighted by Crippen LogP contribution is -2.10. The van der Waals surface area contributed by atoms with Crippen molar-refractivity contribution in [2.45, 2.75) is 26.2 Å². The zero-order chi connectivity index (χ0) is 9.47. The first-order chi connectivity index (χ1) is 6.09. The third-order valence-electron chi connectivity index (χ3n) is 2.11. The maximum Gasteiger partial charge on any atom is 0.156 e. The van der Waals surface area contributed by atoms with Gasteiger partial charge >= 0.3 is 0 Å². The van der Waals surface area contributed by atoms with E-state index in [2.05, 4.69) is 35.7 Å². The molecule has 0 saturated heterocycles. The van der Waals surface area contributed by atoms with E-state index in [1.165, 1.54) is 5.56 Å². The van der Waals surface area contributed by atoms with Crippen LogP contribution in [0.5, 0.6) is 0 Å². The summed E-state index contributed by atoms with van der Waals surface area (Å²) in [7, 11) is 0. The van der Waals surface area contributed by atoms with Crippen LogP contribution in [0.15, 0.2) is 18.6 Å². The lowest BCUT2D eigenvalue weighted by Gasteiger charge is -2.16. The van der Waals surface area contributed by atoms with Crippen molar-refractivity contribution in [1.82, 2.24) is 15.0 Å². The summed E-state index contributed by atoms with van der Waals surface area (Å²) in [6.45, 7) is 6.51. The summed E-state index contributed by atoms with van der Waals surface area (Å²) in [4.78, 5) is 11.6. The van der Waals surface area contributed by atoms with Crippen molar-refractivity contribution in [1.29, 1.82) is 0 Å². The smallest absolute Gasteiger partial charge is 0.156 e. The van der Waals surface area contributed by atoms with Crippen LogP contribution in [0.1, 0.15) is 26.3 Å². The van der Waals surface area contributed by atoms with Crippen LogP contribution in [0.4, 0.5) is 0 Å². The van der Waals surface area contributed by atoms with E-state index in [4.69, 9.17) is 0 Å². The average molecular weight is 175 g/mol. The molecule has 3 nitrogen and oxygen atoms in total. The molecule has 0 aliphatic heterocycles. The first-order valence-corrected chi connectivity index (χ1v) is 4.37. The molecule has 0 amide bonds. The molecule has 0 bridgehead atoms. The third-order valence-corrected chi connectivity index (χ3v) is 2.11. The monoisotopic (exact) mass is 175 g/mol. The van der Waals surface area contributed by atoms with Gasteiger partial charge in [0.1, 0.15) is 5.52 Å². The standard InChI is InChI=1S/C10H13N3/c1-10(2,3)7-6-13-9-8(7)11-4-5-12-9/h4-6H,1-3H3,(H,12,13). The lowest BCUT2D eigenvalue weighted by molar-refractivity contribution is 0.594. The van der Waals surface area contributed by atoms with Crippen LogP contribution in [-0.2, 0) is 5.41 Å². The van der Waals surface area contributed by atoms with Gasteiger partial charge in [-0.15, -0.1) is 0 Å². The second-order valence-corrected chi connectivity index (χ2v) is 4.21. The number of nitrogens with zero attached hydrogens (tertiary/aromatic N) is 2. The highest BCUT2D eigenvalue weighted by Crippen LogP contribution is 2.27. The minimum atomic E-state index is 0.119. The van der Waals surface area contributed by atoms with E-state index < -0.39 is 0 Å². The highest BCUT2D eigenvalue weighted by atomic mass is 14.9. The number of hydrogen-bond acceptors (Lipinski definition) is 2. The molecule has 0 aliphatic carbocycles. The topological polar surface area (TPSA) is 41.6 Å². The molecule has 3 heteroatoms. The summed E-state index contributed by atoms with van der Waals surface area (Å²) in [6.07, 6.45) is 5.42. The maximum absolute atomic E-state index is 4.31. The van der Waals surface area contributed by atoms with Gasteiger partial charge in [-0.3, -0.25) is 4.98 Å². The fraction of sp³-hybridized carbons (Fsp3) is 0.400. The first kappa shape index (κ1) is 8.23. The Kier molecular flexibility index (Phi) is 1.62. The van der Waals surface area contributed by atoms with E-state index in [1.54, 1.807) is 12.4 Å². The van der Waals surface area contributed by atoms with Crippen LogP contribution in [0.25, 0.3) is 11.2 Å². The summed E-state index contributed by atoms with van der Waals surface area (Å²) in [6, 6.07) is 0. The molecule has 2 rings (SSSR count). The number of rotatable bonds is 0. The summed E-state index contributed by atoms with van der Waals surface area (Å²) in [5.74, 6) is 0. The van der Waals surface area contributed by atoms with Crippen molar-refractivity contribution >= 4 is 11.2 Å². The summed E-state index contributed by atoms with van der Waals surface area (Å²) >= 11 is 0. The Balaban J connectivity index is 2.72. The van der Waals surface area contributed by atoms with Crippen molar-refractivity contribution in [3.05, 3.63) is 24.2 Å². The van der Waals surface area contributed by atoms with Crippen molar-refractivity contribution in [2.24, 2.45) is 0 Å². The molecule has 2 aromatic rings. The molecule has 0 radical (unpaired) electrons. The Morgan fingerprint density at radius 3 is 2.54 bits per heavy atom. The molecule has 0 unspecified atom stereocenters. The highest BCUT2D eigenvalue weighted by Gasteiger charge is 2.18. The van der Waals surface area contributed by atoms with Gasteiger partial charge in [0.2, 0.25) is 0 Å². The molecule has 68 valence electrons. The molecule has 0 saturated carbocycles. The number of aromatic amines is 1. The molecule has 0 spiro atoms. The summed E-state index contributed by atoms with van der Waals surface area (Å²) < 4.78 is 0. The van der Waals surface area contributed by atoms with Gasteiger partial charge in [-0.25, -0.2) is 4.98 Å². The van der Waals surface area contributed by atoms with Crippen LogP contribution in [0.2, 0.25) is 0 Å². The van der Waals surface area contributed by atoms with E-state index in [0.717, 1.165) is 11.2 Å². The number of fused-ring (bicyclic) bond motifs is 1. The first-order valence-electron chi connectivity index (χ1n) is 4.37. The average Bonchev–Trinajstić information content (AvgIpc) is 2.45. The van der Waals surface area contributed by atoms with Gasteiger partial charge in [0, 0.05) is 24.2 Å². The molecule has 0 aromatic carbocycles. The summed E-state index contributed by atoms with van der Waals surface area (Å²) in [5.41, 5.74) is 3.19. The van der Waals surface area contributed by atoms with E-state index >= 15 is 0 Å². The van der Waals surface area contributed by atoms with Crippen molar-refractivity contribution < 1.29 is 0 Å². The molecule has 0 atom stereocenters. The minimum Gasteiger partial charge on any atom is -0.344 e. The van der Waals surface area contributed by atoms with E-state index in [1.807, 2.05) is 6.20 Å². The Morgan fingerprint density at radius 1 is 1.15 bits per heavy atom. The van der Waals surface area contributed by atoms with Crippen LogP contribution < -0.4 is 0 Å². The molecule has 2 aromatic heterocycles.